The Labute approximate surface area is 183 Å². The lowest BCUT2D eigenvalue weighted by molar-refractivity contribution is -0.385. The van der Waals surface area contributed by atoms with Crippen LogP contribution in [0.15, 0.2) is 77.9 Å². The Morgan fingerprint density at radius 3 is 2.47 bits per heavy atom. The van der Waals surface area contributed by atoms with Crippen molar-refractivity contribution in [1.29, 1.82) is 0 Å². The number of benzene rings is 3. The van der Waals surface area contributed by atoms with E-state index in [1.807, 2.05) is 6.07 Å². The predicted molar refractivity (Wildman–Crippen MR) is 117 cm³/mol. The summed E-state index contributed by atoms with van der Waals surface area (Å²) in [5.74, 6) is -0.675. The summed E-state index contributed by atoms with van der Waals surface area (Å²) < 4.78 is 10.5. The first-order chi connectivity index (χ1) is 15.4. The standard InChI is InChI=1S/C23H19N3O6/c1-16-7-12-21(20(13-16)26(29)30)31-15-22(27)25-24-14-17-8-10-19(11-9-17)32-23(28)18-5-3-2-4-6-18/h2-14H,15H2,1H3,(H,25,27). The molecule has 3 rings (SSSR count). The van der Waals surface area contributed by atoms with E-state index in [4.69, 9.17) is 9.47 Å². The number of hydrazone groups is 1. The largest absolute Gasteiger partial charge is 0.477 e. The fraction of sp³-hybridized carbons (Fsp3) is 0.0870. The molecule has 32 heavy (non-hydrogen) atoms. The van der Waals surface area contributed by atoms with Gasteiger partial charge in [-0.05, 0) is 60.5 Å². The number of amides is 1. The predicted octanol–water partition coefficient (Wildman–Crippen LogP) is 3.65. The highest BCUT2D eigenvalue weighted by atomic mass is 16.6. The van der Waals surface area contributed by atoms with E-state index in [1.54, 1.807) is 61.5 Å². The summed E-state index contributed by atoms with van der Waals surface area (Å²) in [5.41, 5.74) is 3.87. The van der Waals surface area contributed by atoms with Crippen molar-refractivity contribution in [2.45, 2.75) is 6.92 Å². The number of nitrogens with zero attached hydrogens (tertiary/aromatic N) is 2. The van der Waals surface area contributed by atoms with E-state index in [0.29, 0.717) is 22.4 Å². The van der Waals surface area contributed by atoms with Crippen molar-refractivity contribution in [2.75, 3.05) is 6.61 Å². The van der Waals surface area contributed by atoms with Crippen LogP contribution in [0.25, 0.3) is 0 Å². The zero-order valence-corrected chi connectivity index (χ0v) is 17.1. The van der Waals surface area contributed by atoms with E-state index in [-0.39, 0.29) is 11.4 Å². The molecule has 0 saturated carbocycles. The van der Waals surface area contributed by atoms with Gasteiger partial charge in [0.05, 0.1) is 16.7 Å². The molecule has 0 atom stereocenters. The van der Waals surface area contributed by atoms with Gasteiger partial charge in [0.1, 0.15) is 5.75 Å². The molecule has 0 aliphatic carbocycles. The van der Waals surface area contributed by atoms with Gasteiger partial charge in [-0.1, -0.05) is 24.3 Å². The number of nitro benzene ring substituents is 1. The van der Waals surface area contributed by atoms with Gasteiger partial charge in [-0.3, -0.25) is 14.9 Å². The number of ether oxygens (including phenoxy) is 2. The van der Waals surface area contributed by atoms with Gasteiger partial charge in [0.25, 0.3) is 5.91 Å². The molecule has 0 aliphatic rings. The van der Waals surface area contributed by atoms with Gasteiger partial charge in [-0.25, -0.2) is 10.2 Å². The van der Waals surface area contributed by atoms with Crippen LogP contribution in [-0.4, -0.2) is 29.6 Å². The van der Waals surface area contributed by atoms with E-state index in [9.17, 15) is 19.7 Å². The quantitative estimate of drug-likeness (QED) is 0.190. The smallest absolute Gasteiger partial charge is 0.343 e. The Bertz CT molecular complexity index is 1140. The van der Waals surface area contributed by atoms with Crippen molar-refractivity contribution >= 4 is 23.8 Å². The Morgan fingerprint density at radius 2 is 1.78 bits per heavy atom. The molecule has 0 bridgehead atoms. The average molecular weight is 433 g/mol. The van der Waals surface area contributed by atoms with Crippen LogP contribution in [0.1, 0.15) is 21.5 Å². The van der Waals surface area contributed by atoms with Crippen LogP contribution in [0.2, 0.25) is 0 Å². The monoisotopic (exact) mass is 433 g/mol. The number of rotatable bonds is 8. The first-order valence-corrected chi connectivity index (χ1v) is 9.49. The number of carbonyl (C=O) groups is 2. The minimum Gasteiger partial charge on any atom is -0.477 e. The second-order valence-electron chi connectivity index (χ2n) is 6.63. The van der Waals surface area contributed by atoms with Crippen molar-refractivity contribution in [2.24, 2.45) is 5.10 Å². The number of esters is 1. The maximum absolute atomic E-state index is 12.0. The van der Waals surface area contributed by atoms with Crippen molar-refractivity contribution in [3.8, 4) is 11.5 Å². The summed E-state index contributed by atoms with van der Waals surface area (Å²) >= 11 is 0. The van der Waals surface area contributed by atoms with E-state index >= 15 is 0 Å². The molecule has 0 radical (unpaired) electrons. The Hall–Kier alpha value is -4.53. The van der Waals surface area contributed by atoms with Gasteiger partial charge in [0.15, 0.2) is 12.4 Å². The van der Waals surface area contributed by atoms with Crippen LogP contribution in [0, 0.1) is 17.0 Å². The normalized spacial score (nSPS) is 10.5. The molecule has 0 fully saturated rings. The summed E-state index contributed by atoms with van der Waals surface area (Å²) in [6.07, 6.45) is 1.40. The first kappa shape index (κ1) is 22.2. The molecule has 0 spiro atoms. The lowest BCUT2D eigenvalue weighted by atomic mass is 10.2. The third kappa shape index (κ3) is 6.23. The van der Waals surface area contributed by atoms with Crippen LogP contribution in [0.5, 0.6) is 11.5 Å². The molecular weight excluding hydrogens is 414 g/mol. The molecule has 1 amide bonds. The number of hydrogen-bond donors (Lipinski definition) is 1. The van der Waals surface area contributed by atoms with Crippen LogP contribution < -0.4 is 14.9 Å². The Kier molecular flexibility index (Phi) is 7.26. The maximum Gasteiger partial charge on any atom is 0.343 e. The lowest BCUT2D eigenvalue weighted by Gasteiger charge is -2.06. The SMILES string of the molecule is Cc1ccc(OCC(=O)NN=Cc2ccc(OC(=O)c3ccccc3)cc2)c([N+](=O)[O-])c1. The van der Waals surface area contributed by atoms with Crippen LogP contribution in [0.3, 0.4) is 0 Å². The third-order valence-corrected chi connectivity index (χ3v) is 4.17. The molecule has 3 aromatic rings. The molecule has 0 saturated heterocycles. The Morgan fingerprint density at radius 1 is 1.06 bits per heavy atom. The third-order valence-electron chi connectivity index (χ3n) is 4.17. The zero-order valence-electron chi connectivity index (χ0n) is 17.1. The van der Waals surface area contributed by atoms with Crippen LogP contribution >= 0.6 is 0 Å². The molecule has 162 valence electrons. The van der Waals surface area contributed by atoms with Crippen LogP contribution in [0.4, 0.5) is 5.69 Å². The van der Waals surface area contributed by atoms with Crippen LogP contribution in [-0.2, 0) is 4.79 Å². The summed E-state index contributed by atoms with van der Waals surface area (Å²) in [6.45, 7) is 1.29. The average Bonchev–Trinajstić information content (AvgIpc) is 2.80. The summed E-state index contributed by atoms with van der Waals surface area (Å²) in [5, 5.41) is 14.9. The van der Waals surface area contributed by atoms with E-state index in [1.165, 1.54) is 18.3 Å². The minimum absolute atomic E-state index is 0.000341. The number of nitro groups is 1. The lowest BCUT2D eigenvalue weighted by Crippen LogP contribution is -2.24. The van der Waals surface area contributed by atoms with Gasteiger partial charge < -0.3 is 9.47 Å². The van der Waals surface area contributed by atoms with Gasteiger partial charge in [-0.2, -0.15) is 5.10 Å². The number of nitrogens with one attached hydrogen (secondary N) is 1. The molecule has 9 heteroatoms. The van der Waals surface area contributed by atoms with Crippen molar-refractivity contribution in [3.05, 3.63) is 99.6 Å². The molecular formula is C23H19N3O6. The van der Waals surface area contributed by atoms with E-state index in [0.717, 1.165) is 0 Å². The van der Waals surface area contributed by atoms with Crippen molar-refractivity contribution < 1.29 is 24.0 Å². The molecule has 9 nitrogen and oxygen atoms in total. The van der Waals surface area contributed by atoms with Crippen molar-refractivity contribution in [1.82, 2.24) is 5.43 Å². The van der Waals surface area contributed by atoms with Crippen molar-refractivity contribution in [3.63, 3.8) is 0 Å². The molecule has 3 aromatic carbocycles. The number of aryl methyl sites for hydroxylation is 1. The Balaban J connectivity index is 1.49. The second-order valence-corrected chi connectivity index (χ2v) is 6.63. The topological polar surface area (TPSA) is 120 Å². The molecule has 0 heterocycles. The summed E-state index contributed by atoms with van der Waals surface area (Å²) in [4.78, 5) is 34.4. The summed E-state index contributed by atoms with van der Waals surface area (Å²) in [6, 6.07) is 19.6. The second kappa shape index (κ2) is 10.5. The minimum atomic E-state index is -0.579. The van der Waals surface area contributed by atoms with E-state index in [2.05, 4.69) is 10.5 Å². The molecule has 0 unspecified atom stereocenters. The maximum atomic E-state index is 12.0. The fourth-order valence-electron chi connectivity index (χ4n) is 2.61. The van der Waals surface area contributed by atoms with E-state index < -0.39 is 23.4 Å². The zero-order chi connectivity index (χ0) is 22.9. The highest BCUT2D eigenvalue weighted by Crippen LogP contribution is 2.27. The highest BCUT2D eigenvalue weighted by Gasteiger charge is 2.16. The number of carbonyl (C=O) groups excluding carboxylic acids is 2. The fourth-order valence-corrected chi connectivity index (χ4v) is 2.61. The molecule has 0 aliphatic heterocycles. The van der Waals surface area contributed by atoms with Gasteiger partial charge in [-0.15, -0.1) is 0 Å². The first-order valence-electron chi connectivity index (χ1n) is 9.49. The number of hydrogen-bond acceptors (Lipinski definition) is 7. The van der Waals surface area contributed by atoms with Gasteiger partial charge in [0.2, 0.25) is 0 Å². The molecule has 0 aromatic heterocycles. The van der Waals surface area contributed by atoms with Gasteiger partial charge >= 0.3 is 11.7 Å². The summed E-state index contributed by atoms with van der Waals surface area (Å²) in [7, 11) is 0. The molecule has 1 N–H and O–H groups in total. The highest BCUT2D eigenvalue weighted by molar-refractivity contribution is 5.91. The van der Waals surface area contributed by atoms with Gasteiger partial charge in [0, 0.05) is 6.07 Å².